The molecule has 2 rings (SSSR count). The molecule has 1 fully saturated rings. The maximum absolute atomic E-state index is 5.58. The van der Waals surface area contributed by atoms with Gasteiger partial charge in [0.25, 0.3) is 0 Å². The summed E-state index contributed by atoms with van der Waals surface area (Å²) in [6, 6.07) is 6.46. The largest absolute Gasteiger partial charge is 0.388 e. The van der Waals surface area contributed by atoms with Gasteiger partial charge in [-0.05, 0) is 32.0 Å². The maximum atomic E-state index is 5.58. The lowest BCUT2D eigenvalue weighted by Crippen LogP contribution is -2.33. The van der Waals surface area contributed by atoms with Crippen molar-refractivity contribution in [3.63, 3.8) is 0 Å². The van der Waals surface area contributed by atoms with Crippen LogP contribution in [0, 0.1) is 0 Å². The molecule has 0 bridgehead atoms. The number of aromatic nitrogens is 1. The van der Waals surface area contributed by atoms with E-state index in [-0.39, 0.29) is 0 Å². The molecule has 19 heavy (non-hydrogen) atoms. The number of hydrogen-bond acceptors (Lipinski definition) is 4. The summed E-state index contributed by atoms with van der Waals surface area (Å²) in [4.78, 5) is 7.15. The van der Waals surface area contributed by atoms with Crippen molar-refractivity contribution in [3.8, 4) is 0 Å². The second-order valence-electron chi connectivity index (χ2n) is 5.12. The number of nitrogens with zero attached hydrogens (tertiary/aromatic N) is 2. The molecule has 4 nitrogen and oxygen atoms in total. The molecule has 0 unspecified atom stereocenters. The van der Waals surface area contributed by atoms with Crippen LogP contribution in [0.4, 0.5) is 5.82 Å². The van der Waals surface area contributed by atoms with Gasteiger partial charge in [-0.3, -0.25) is 0 Å². The second-order valence-corrected chi connectivity index (χ2v) is 5.56. The number of anilines is 1. The van der Waals surface area contributed by atoms with Crippen LogP contribution >= 0.6 is 12.2 Å². The van der Waals surface area contributed by atoms with Crippen molar-refractivity contribution < 1.29 is 0 Å². The van der Waals surface area contributed by atoms with Crippen LogP contribution in [0.25, 0.3) is 0 Å². The van der Waals surface area contributed by atoms with E-state index in [2.05, 4.69) is 22.2 Å². The first-order valence-corrected chi connectivity index (χ1v) is 7.28. The monoisotopic (exact) mass is 278 g/mol. The minimum absolute atomic E-state index is 0.340. The maximum Gasteiger partial charge on any atom is 0.126 e. The van der Waals surface area contributed by atoms with Gasteiger partial charge in [0.1, 0.15) is 10.8 Å². The third-order valence-electron chi connectivity index (χ3n) is 3.72. The number of thiocarbonyl (C=S) groups is 1. The summed E-state index contributed by atoms with van der Waals surface area (Å²) in [6.45, 7) is 1.92. The molecule has 1 aliphatic rings. The fourth-order valence-corrected chi connectivity index (χ4v) is 2.67. The molecule has 1 saturated carbocycles. The summed E-state index contributed by atoms with van der Waals surface area (Å²) >= 11 is 4.93. The summed E-state index contributed by atoms with van der Waals surface area (Å²) < 4.78 is 0. The van der Waals surface area contributed by atoms with Gasteiger partial charge in [0.2, 0.25) is 0 Å². The van der Waals surface area contributed by atoms with E-state index in [0.717, 1.165) is 24.9 Å². The smallest absolute Gasteiger partial charge is 0.126 e. The van der Waals surface area contributed by atoms with Crippen molar-refractivity contribution in [1.82, 2.24) is 9.88 Å². The molecule has 0 aromatic carbocycles. The standard InChI is InChI=1S/C14H22N4S/c1-18(11-5-2-3-6-11)10-9-16-13-8-4-7-12(17-13)14(15)19/h4,7-8,11H,2-3,5-6,9-10H2,1H3,(H2,15,19)(H,16,17). The molecule has 0 atom stereocenters. The topological polar surface area (TPSA) is 54.2 Å². The number of nitrogens with two attached hydrogens (primary N) is 1. The Morgan fingerprint density at radius 2 is 2.21 bits per heavy atom. The summed E-state index contributed by atoms with van der Waals surface area (Å²) in [5.74, 6) is 0.838. The number of hydrogen-bond donors (Lipinski definition) is 2. The lowest BCUT2D eigenvalue weighted by Gasteiger charge is -2.24. The van der Waals surface area contributed by atoms with Crippen LogP contribution in [-0.2, 0) is 0 Å². The van der Waals surface area contributed by atoms with Crippen LogP contribution in [0.1, 0.15) is 31.4 Å². The van der Waals surface area contributed by atoms with E-state index in [9.17, 15) is 0 Å². The molecule has 0 aliphatic heterocycles. The summed E-state index contributed by atoms with van der Waals surface area (Å²) in [6.07, 6.45) is 5.43. The van der Waals surface area contributed by atoms with Gasteiger partial charge in [0.15, 0.2) is 0 Å². The third-order valence-corrected chi connectivity index (χ3v) is 3.93. The second kappa shape index (κ2) is 6.82. The average molecular weight is 278 g/mol. The molecular formula is C14H22N4S. The molecular weight excluding hydrogens is 256 g/mol. The van der Waals surface area contributed by atoms with Crippen molar-refractivity contribution in [3.05, 3.63) is 23.9 Å². The summed E-state index contributed by atoms with van der Waals surface area (Å²) in [5.41, 5.74) is 6.25. The minimum atomic E-state index is 0.340. The highest BCUT2D eigenvalue weighted by molar-refractivity contribution is 7.80. The van der Waals surface area contributed by atoms with Crippen LogP contribution in [-0.4, -0.2) is 41.1 Å². The van der Waals surface area contributed by atoms with Crippen LogP contribution in [0.3, 0.4) is 0 Å². The molecule has 1 aliphatic carbocycles. The van der Waals surface area contributed by atoms with E-state index in [1.165, 1.54) is 25.7 Å². The molecule has 1 aromatic rings. The molecule has 0 radical (unpaired) electrons. The van der Waals surface area contributed by atoms with Crippen LogP contribution < -0.4 is 11.1 Å². The van der Waals surface area contributed by atoms with Gasteiger partial charge in [0, 0.05) is 19.1 Å². The van der Waals surface area contributed by atoms with Crippen LogP contribution in [0.15, 0.2) is 18.2 Å². The Hall–Kier alpha value is -1.20. The van der Waals surface area contributed by atoms with Gasteiger partial charge < -0.3 is 16.0 Å². The highest BCUT2D eigenvalue weighted by Gasteiger charge is 2.18. The molecule has 1 heterocycles. The predicted octanol–water partition coefficient (Wildman–Crippen LogP) is 2.00. The first kappa shape index (κ1) is 14.2. The molecule has 5 heteroatoms. The first-order valence-electron chi connectivity index (χ1n) is 6.88. The Balaban J connectivity index is 1.78. The molecule has 0 amide bonds. The normalized spacial score (nSPS) is 15.9. The Bertz CT molecular complexity index is 429. The van der Waals surface area contributed by atoms with Crippen LogP contribution in [0.2, 0.25) is 0 Å². The van der Waals surface area contributed by atoms with E-state index in [4.69, 9.17) is 18.0 Å². The van der Waals surface area contributed by atoms with E-state index >= 15 is 0 Å². The number of rotatable bonds is 6. The highest BCUT2D eigenvalue weighted by atomic mass is 32.1. The van der Waals surface area contributed by atoms with Crippen molar-refractivity contribution in [2.24, 2.45) is 5.73 Å². The third kappa shape index (κ3) is 4.14. The van der Waals surface area contributed by atoms with E-state index < -0.39 is 0 Å². The van der Waals surface area contributed by atoms with Gasteiger partial charge >= 0.3 is 0 Å². The predicted molar refractivity (Wildman–Crippen MR) is 83.5 cm³/mol. The SMILES string of the molecule is CN(CCNc1cccc(C(N)=S)n1)C1CCCC1. The van der Waals surface area contributed by atoms with E-state index in [1.807, 2.05) is 18.2 Å². The van der Waals surface area contributed by atoms with Gasteiger partial charge in [-0.1, -0.05) is 31.1 Å². The minimum Gasteiger partial charge on any atom is -0.388 e. The van der Waals surface area contributed by atoms with E-state index in [1.54, 1.807) is 0 Å². The zero-order valence-corrected chi connectivity index (χ0v) is 12.2. The van der Waals surface area contributed by atoms with Crippen molar-refractivity contribution in [1.29, 1.82) is 0 Å². The van der Waals surface area contributed by atoms with Crippen LogP contribution in [0.5, 0.6) is 0 Å². The Labute approximate surface area is 120 Å². The molecule has 0 spiro atoms. The summed E-state index contributed by atoms with van der Waals surface area (Å²) in [5, 5.41) is 3.33. The van der Waals surface area contributed by atoms with Crippen molar-refractivity contribution in [2.45, 2.75) is 31.7 Å². The lowest BCUT2D eigenvalue weighted by atomic mass is 10.2. The van der Waals surface area contributed by atoms with Crippen molar-refractivity contribution in [2.75, 3.05) is 25.5 Å². The summed E-state index contributed by atoms with van der Waals surface area (Å²) in [7, 11) is 2.20. The first-order chi connectivity index (χ1) is 9.16. The Morgan fingerprint density at radius 3 is 2.89 bits per heavy atom. The van der Waals surface area contributed by atoms with Crippen molar-refractivity contribution >= 4 is 23.0 Å². The molecule has 0 saturated heterocycles. The fourth-order valence-electron chi connectivity index (χ4n) is 2.56. The van der Waals surface area contributed by atoms with E-state index in [0.29, 0.717) is 10.7 Å². The Kier molecular flexibility index (Phi) is 5.10. The van der Waals surface area contributed by atoms with Gasteiger partial charge in [-0.25, -0.2) is 4.98 Å². The number of likely N-dealkylation sites (N-methyl/N-ethyl adjacent to an activating group) is 1. The average Bonchev–Trinajstić information content (AvgIpc) is 2.93. The number of pyridine rings is 1. The van der Waals surface area contributed by atoms with Gasteiger partial charge in [-0.15, -0.1) is 0 Å². The zero-order valence-electron chi connectivity index (χ0n) is 11.4. The Morgan fingerprint density at radius 1 is 1.47 bits per heavy atom. The highest BCUT2D eigenvalue weighted by Crippen LogP contribution is 2.21. The quantitative estimate of drug-likeness (QED) is 0.780. The fraction of sp³-hybridized carbons (Fsp3) is 0.571. The van der Waals surface area contributed by atoms with Gasteiger partial charge in [0.05, 0.1) is 5.69 Å². The molecule has 104 valence electrons. The number of nitrogens with one attached hydrogen (secondary N) is 1. The molecule has 3 N–H and O–H groups in total. The lowest BCUT2D eigenvalue weighted by molar-refractivity contribution is 0.254. The zero-order chi connectivity index (χ0) is 13.7. The van der Waals surface area contributed by atoms with Gasteiger partial charge in [-0.2, -0.15) is 0 Å². The molecule has 1 aromatic heterocycles.